The summed E-state index contributed by atoms with van der Waals surface area (Å²) in [4.78, 5) is 26.7. The van der Waals surface area contributed by atoms with E-state index in [1.54, 1.807) is 33.3 Å². The monoisotopic (exact) mass is 318 g/mol. The zero-order valence-corrected chi connectivity index (χ0v) is 13.3. The predicted molar refractivity (Wildman–Crippen MR) is 89.2 cm³/mol. The molecule has 1 aliphatic heterocycles. The lowest BCUT2D eigenvalue weighted by Gasteiger charge is -2.18. The first-order valence-corrected chi connectivity index (χ1v) is 8.06. The quantitative estimate of drug-likeness (QED) is 0.933. The molecule has 1 aromatic heterocycles. The first-order chi connectivity index (χ1) is 10.7. The van der Waals surface area contributed by atoms with E-state index in [4.69, 9.17) is 5.11 Å². The molecule has 2 amide bonds. The van der Waals surface area contributed by atoms with Crippen LogP contribution in [0, 0.1) is 0 Å². The van der Waals surface area contributed by atoms with Crippen LogP contribution in [-0.2, 0) is 0 Å². The Kier molecular flexibility index (Phi) is 5.16. The van der Waals surface area contributed by atoms with Crippen LogP contribution < -0.4 is 9.80 Å². The van der Waals surface area contributed by atoms with Crippen molar-refractivity contribution in [2.24, 2.45) is 0 Å². The summed E-state index contributed by atoms with van der Waals surface area (Å²) in [6.07, 6.45) is 0. The molecule has 116 valence electrons. The zero-order valence-electron chi connectivity index (χ0n) is 12.5. The minimum absolute atomic E-state index is 0.120. The third-order valence-corrected chi connectivity index (χ3v) is 3.90. The number of benzene rings is 1. The molecule has 0 bridgehead atoms. The van der Waals surface area contributed by atoms with Crippen molar-refractivity contribution in [2.45, 2.75) is 13.8 Å². The van der Waals surface area contributed by atoms with Crippen LogP contribution in [0.5, 0.6) is 0 Å². The van der Waals surface area contributed by atoms with Crippen molar-refractivity contribution in [3.8, 4) is 0 Å². The van der Waals surface area contributed by atoms with Crippen LogP contribution in [-0.4, -0.2) is 30.2 Å². The molecule has 6 heteroatoms. The predicted octanol–water partition coefficient (Wildman–Crippen LogP) is 3.92. The van der Waals surface area contributed by atoms with E-state index in [1.807, 2.05) is 30.7 Å². The van der Waals surface area contributed by atoms with E-state index < -0.39 is 5.97 Å². The van der Waals surface area contributed by atoms with Crippen molar-refractivity contribution < 1.29 is 14.7 Å². The van der Waals surface area contributed by atoms with Gasteiger partial charge < -0.3 is 5.11 Å². The third kappa shape index (κ3) is 3.12. The normalized spacial score (nSPS) is 13.8. The van der Waals surface area contributed by atoms with E-state index in [2.05, 4.69) is 0 Å². The highest BCUT2D eigenvalue weighted by atomic mass is 32.1. The lowest BCUT2D eigenvalue weighted by Crippen LogP contribution is -2.31. The Morgan fingerprint density at radius 3 is 2.41 bits per heavy atom. The Morgan fingerprint density at radius 2 is 1.82 bits per heavy atom. The molecule has 22 heavy (non-hydrogen) atoms. The zero-order chi connectivity index (χ0) is 16.1. The molecule has 2 aromatic rings. The van der Waals surface area contributed by atoms with Crippen LogP contribution >= 0.6 is 11.3 Å². The molecule has 1 fully saturated rings. The van der Waals surface area contributed by atoms with Gasteiger partial charge in [0.15, 0.2) is 0 Å². The van der Waals surface area contributed by atoms with Crippen molar-refractivity contribution in [1.29, 1.82) is 0 Å². The Hall–Kier alpha value is -2.34. The summed E-state index contributed by atoms with van der Waals surface area (Å²) >= 11 is 1.54. The Balaban J connectivity index is 0.000000847. The van der Waals surface area contributed by atoms with E-state index in [0.29, 0.717) is 18.8 Å². The summed E-state index contributed by atoms with van der Waals surface area (Å²) in [6, 6.07) is 8.23. The molecule has 1 saturated heterocycles. The fourth-order valence-electron chi connectivity index (χ4n) is 2.23. The molecule has 1 aromatic carbocycles. The summed E-state index contributed by atoms with van der Waals surface area (Å²) in [5, 5.41) is 12.9. The first kappa shape index (κ1) is 16.0. The number of hydrogen-bond acceptors (Lipinski definition) is 3. The van der Waals surface area contributed by atoms with E-state index in [1.165, 1.54) is 12.1 Å². The van der Waals surface area contributed by atoms with Gasteiger partial charge in [0.2, 0.25) is 0 Å². The number of aromatic carboxylic acids is 1. The maximum atomic E-state index is 12.4. The SMILES string of the molecule is CC.O=C(O)c1cccc(N2CCN(c3ccsc3)C2=O)c1. The molecule has 0 atom stereocenters. The maximum Gasteiger partial charge on any atom is 0.335 e. The summed E-state index contributed by atoms with van der Waals surface area (Å²) in [7, 11) is 0. The van der Waals surface area contributed by atoms with Crippen molar-refractivity contribution in [2.75, 3.05) is 22.9 Å². The molecule has 2 heterocycles. The number of carbonyl (C=O) groups is 2. The number of carboxylic acids is 1. The molecular weight excluding hydrogens is 300 g/mol. The second-order valence-corrected chi connectivity index (χ2v) is 5.20. The molecule has 0 spiro atoms. The van der Waals surface area contributed by atoms with Crippen LogP contribution in [0.2, 0.25) is 0 Å². The fourth-order valence-corrected chi connectivity index (χ4v) is 2.88. The number of rotatable bonds is 3. The number of hydrogen-bond donors (Lipinski definition) is 1. The number of thiophene rings is 1. The summed E-state index contributed by atoms with van der Waals surface area (Å²) in [5.41, 5.74) is 1.69. The molecular formula is C16H18N2O3S. The van der Waals surface area contributed by atoms with Crippen LogP contribution in [0.4, 0.5) is 16.2 Å². The molecule has 1 N–H and O–H groups in total. The standard InChI is InChI=1S/C14H12N2O3S.C2H6/c17-13(18)10-2-1-3-11(8-10)15-5-6-16(14(15)19)12-4-7-20-9-12;1-2/h1-4,7-9H,5-6H2,(H,17,18);1-2H3. The summed E-state index contributed by atoms with van der Waals surface area (Å²) in [5.74, 6) is -0.992. The van der Waals surface area contributed by atoms with Crippen molar-refractivity contribution in [3.05, 3.63) is 46.7 Å². The molecule has 3 rings (SSSR count). The van der Waals surface area contributed by atoms with Crippen molar-refractivity contribution in [1.82, 2.24) is 0 Å². The van der Waals surface area contributed by atoms with Gasteiger partial charge in [-0.1, -0.05) is 19.9 Å². The van der Waals surface area contributed by atoms with Gasteiger partial charge in [0.1, 0.15) is 0 Å². The van der Waals surface area contributed by atoms with E-state index in [9.17, 15) is 9.59 Å². The van der Waals surface area contributed by atoms with Crippen molar-refractivity contribution >= 4 is 34.7 Å². The topological polar surface area (TPSA) is 60.9 Å². The third-order valence-electron chi connectivity index (χ3n) is 3.23. The highest BCUT2D eigenvalue weighted by Gasteiger charge is 2.31. The number of urea groups is 1. The van der Waals surface area contributed by atoms with E-state index >= 15 is 0 Å². The van der Waals surface area contributed by atoms with E-state index in [-0.39, 0.29) is 11.6 Å². The largest absolute Gasteiger partial charge is 0.478 e. The summed E-state index contributed by atoms with van der Waals surface area (Å²) < 4.78 is 0. The van der Waals surface area contributed by atoms with Gasteiger partial charge in [-0.3, -0.25) is 9.80 Å². The van der Waals surface area contributed by atoms with Gasteiger partial charge in [0.05, 0.1) is 11.3 Å². The highest BCUT2D eigenvalue weighted by molar-refractivity contribution is 7.08. The lowest BCUT2D eigenvalue weighted by molar-refractivity contribution is 0.0697. The fraction of sp³-hybridized carbons (Fsp3) is 0.250. The lowest BCUT2D eigenvalue weighted by atomic mass is 10.2. The Labute approximate surface area is 133 Å². The van der Waals surface area contributed by atoms with Gasteiger partial charge >= 0.3 is 12.0 Å². The van der Waals surface area contributed by atoms with Gasteiger partial charge in [-0.05, 0) is 29.6 Å². The minimum atomic E-state index is -0.992. The number of amides is 2. The second kappa shape index (κ2) is 7.09. The van der Waals surface area contributed by atoms with Gasteiger partial charge in [0, 0.05) is 24.2 Å². The van der Waals surface area contributed by atoms with Gasteiger partial charge in [0.25, 0.3) is 0 Å². The average Bonchev–Trinajstić information content (AvgIpc) is 3.18. The van der Waals surface area contributed by atoms with Gasteiger partial charge in [-0.15, -0.1) is 0 Å². The van der Waals surface area contributed by atoms with Crippen LogP contribution in [0.25, 0.3) is 0 Å². The Bertz CT molecular complexity index is 655. The van der Waals surface area contributed by atoms with Crippen LogP contribution in [0.1, 0.15) is 24.2 Å². The van der Waals surface area contributed by atoms with Crippen molar-refractivity contribution in [3.63, 3.8) is 0 Å². The summed E-state index contributed by atoms with van der Waals surface area (Å²) in [6.45, 7) is 5.16. The number of anilines is 2. The average molecular weight is 318 g/mol. The smallest absolute Gasteiger partial charge is 0.335 e. The van der Waals surface area contributed by atoms with Gasteiger partial charge in [-0.25, -0.2) is 9.59 Å². The number of nitrogens with zero attached hydrogens (tertiary/aromatic N) is 2. The Morgan fingerprint density at radius 1 is 1.14 bits per heavy atom. The molecule has 1 aliphatic rings. The minimum Gasteiger partial charge on any atom is -0.478 e. The molecule has 0 aliphatic carbocycles. The molecule has 0 radical (unpaired) electrons. The highest BCUT2D eigenvalue weighted by Crippen LogP contribution is 2.27. The first-order valence-electron chi connectivity index (χ1n) is 7.11. The molecule has 0 saturated carbocycles. The molecule has 5 nitrogen and oxygen atoms in total. The van der Waals surface area contributed by atoms with E-state index in [0.717, 1.165) is 5.69 Å². The number of carboxylic acid groups (broad SMARTS) is 1. The number of carbonyl (C=O) groups excluding carboxylic acids is 1. The van der Waals surface area contributed by atoms with Gasteiger partial charge in [-0.2, -0.15) is 11.3 Å². The maximum absolute atomic E-state index is 12.4. The molecule has 0 unspecified atom stereocenters. The van der Waals surface area contributed by atoms with Crippen LogP contribution in [0.3, 0.4) is 0 Å². The second-order valence-electron chi connectivity index (χ2n) is 4.42. The van der Waals surface area contributed by atoms with Crippen LogP contribution in [0.15, 0.2) is 41.1 Å².